The first kappa shape index (κ1) is 17.8. The molecule has 0 saturated heterocycles. The Labute approximate surface area is 128 Å². The average molecular weight is 297 g/mol. The lowest BCUT2D eigenvalue weighted by atomic mass is 10.1. The van der Waals surface area contributed by atoms with E-state index >= 15 is 0 Å². The van der Waals surface area contributed by atoms with E-state index in [1.165, 1.54) is 12.8 Å². The molecule has 5 nitrogen and oxygen atoms in total. The van der Waals surface area contributed by atoms with Gasteiger partial charge in [0.15, 0.2) is 5.96 Å². The zero-order valence-corrected chi connectivity index (χ0v) is 13.6. The Kier molecular flexibility index (Phi) is 9.66. The van der Waals surface area contributed by atoms with E-state index < -0.39 is 0 Å². The fourth-order valence-corrected chi connectivity index (χ4v) is 2.05. The summed E-state index contributed by atoms with van der Waals surface area (Å²) in [6.45, 7) is 7.21. The third-order valence-electron chi connectivity index (χ3n) is 3.45. The van der Waals surface area contributed by atoms with Crippen LogP contribution in [0.3, 0.4) is 0 Å². The van der Waals surface area contributed by atoms with Crippen LogP contribution in [0, 0.1) is 5.92 Å². The molecule has 1 rings (SSSR count). The van der Waals surface area contributed by atoms with Crippen LogP contribution >= 0.6 is 0 Å². The molecule has 0 aromatic rings. The number of carbonyl (C=O) groups excluding carboxylic acids is 1. The SMILES string of the molecule is CCNC(=NCC1CC1)NCCCCCCC(=O)OCC. The van der Waals surface area contributed by atoms with Crippen molar-refractivity contribution < 1.29 is 9.53 Å². The van der Waals surface area contributed by atoms with Gasteiger partial charge in [-0.1, -0.05) is 12.8 Å². The van der Waals surface area contributed by atoms with E-state index in [4.69, 9.17) is 4.74 Å². The van der Waals surface area contributed by atoms with E-state index in [9.17, 15) is 4.79 Å². The van der Waals surface area contributed by atoms with Crippen molar-refractivity contribution in [3.8, 4) is 0 Å². The molecular weight excluding hydrogens is 266 g/mol. The number of hydrogen-bond donors (Lipinski definition) is 2. The molecule has 1 aliphatic carbocycles. The Morgan fingerprint density at radius 2 is 1.90 bits per heavy atom. The van der Waals surface area contributed by atoms with Gasteiger partial charge in [-0.2, -0.15) is 0 Å². The summed E-state index contributed by atoms with van der Waals surface area (Å²) in [7, 11) is 0. The van der Waals surface area contributed by atoms with Gasteiger partial charge in [-0.15, -0.1) is 0 Å². The predicted molar refractivity (Wildman–Crippen MR) is 86.4 cm³/mol. The first-order chi connectivity index (χ1) is 10.3. The van der Waals surface area contributed by atoms with Crippen molar-refractivity contribution in [2.45, 2.75) is 58.8 Å². The number of esters is 1. The van der Waals surface area contributed by atoms with Gasteiger partial charge in [0.25, 0.3) is 0 Å². The lowest BCUT2D eigenvalue weighted by molar-refractivity contribution is -0.143. The Morgan fingerprint density at radius 3 is 2.57 bits per heavy atom. The van der Waals surface area contributed by atoms with Crippen molar-refractivity contribution in [2.24, 2.45) is 10.9 Å². The molecule has 0 radical (unpaired) electrons. The lowest BCUT2D eigenvalue weighted by Gasteiger charge is -2.11. The molecule has 0 aliphatic heterocycles. The summed E-state index contributed by atoms with van der Waals surface area (Å²) in [5.41, 5.74) is 0. The van der Waals surface area contributed by atoms with Crippen molar-refractivity contribution in [1.82, 2.24) is 10.6 Å². The quantitative estimate of drug-likeness (QED) is 0.266. The number of hydrogen-bond acceptors (Lipinski definition) is 3. The Bertz CT molecular complexity index is 315. The molecule has 21 heavy (non-hydrogen) atoms. The van der Waals surface area contributed by atoms with E-state index in [2.05, 4.69) is 22.5 Å². The molecule has 1 fully saturated rings. The van der Waals surface area contributed by atoms with Gasteiger partial charge >= 0.3 is 5.97 Å². The van der Waals surface area contributed by atoms with Gasteiger partial charge < -0.3 is 15.4 Å². The maximum absolute atomic E-state index is 11.2. The summed E-state index contributed by atoms with van der Waals surface area (Å²) in [6, 6.07) is 0. The molecule has 5 heteroatoms. The van der Waals surface area contributed by atoms with E-state index in [0.717, 1.165) is 57.2 Å². The monoisotopic (exact) mass is 297 g/mol. The first-order valence-corrected chi connectivity index (χ1v) is 8.44. The summed E-state index contributed by atoms with van der Waals surface area (Å²) in [5.74, 6) is 1.69. The van der Waals surface area contributed by atoms with Gasteiger partial charge in [0.2, 0.25) is 0 Å². The molecule has 2 N–H and O–H groups in total. The molecule has 0 heterocycles. The first-order valence-electron chi connectivity index (χ1n) is 8.44. The molecule has 122 valence electrons. The minimum atomic E-state index is -0.0720. The van der Waals surface area contributed by atoms with Crippen molar-refractivity contribution >= 4 is 11.9 Å². The number of unbranched alkanes of at least 4 members (excludes halogenated alkanes) is 3. The topological polar surface area (TPSA) is 62.7 Å². The van der Waals surface area contributed by atoms with Crippen molar-refractivity contribution in [3.05, 3.63) is 0 Å². The smallest absolute Gasteiger partial charge is 0.305 e. The normalized spacial score (nSPS) is 14.9. The highest BCUT2D eigenvalue weighted by atomic mass is 16.5. The van der Waals surface area contributed by atoms with Crippen molar-refractivity contribution in [1.29, 1.82) is 0 Å². The standard InChI is InChI=1S/C16H31N3O2/c1-3-17-16(19-13-14-10-11-14)18-12-8-6-5-7-9-15(20)21-4-2/h14H,3-13H2,1-2H3,(H2,17,18,19). The van der Waals surface area contributed by atoms with Crippen LogP contribution < -0.4 is 10.6 Å². The van der Waals surface area contributed by atoms with Crippen molar-refractivity contribution in [3.63, 3.8) is 0 Å². The Hall–Kier alpha value is -1.26. The van der Waals surface area contributed by atoms with Crippen LogP contribution in [0.1, 0.15) is 58.8 Å². The zero-order chi connectivity index (χ0) is 15.3. The third-order valence-corrected chi connectivity index (χ3v) is 3.45. The van der Waals surface area contributed by atoms with Gasteiger partial charge in [-0.05, 0) is 45.4 Å². The summed E-state index contributed by atoms with van der Waals surface area (Å²) in [6.07, 6.45) is 7.47. The minimum Gasteiger partial charge on any atom is -0.466 e. The molecule has 0 aromatic heterocycles. The average Bonchev–Trinajstić information content (AvgIpc) is 3.28. The van der Waals surface area contributed by atoms with Crippen molar-refractivity contribution in [2.75, 3.05) is 26.2 Å². The summed E-state index contributed by atoms with van der Waals surface area (Å²) in [5, 5.41) is 6.65. The molecule has 0 amide bonds. The molecule has 1 saturated carbocycles. The van der Waals surface area contributed by atoms with E-state index in [0.29, 0.717) is 13.0 Å². The highest BCUT2D eigenvalue weighted by molar-refractivity contribution is 5.79. The summed E-state index contributed by atoms with van der Waals surface area (Å²) in [4.78, 5) is 15.8. The molecule has 0 aromatic carbocycles. The van der Waals surface area contributed by atoms with E-state index in [-0.39, 0.29) is 5.97 Å². The fraction of sp³-hybridized carbons (Fsp3) is 0.875. The van der Waals surface area contributed by atoms with Crippen LogP contribution in [0.5, 0.6) is 0 Å². The van der Waals surface area contributed by atoms with Crippen LogP contribution in [-0.4, -0.2) is 38.2 Å². The number of aliphatic imine (C=N–C) groups is 1. The third kappa shape index (κ3) is 10.2. The highest BCUT2D eigenvalue weighted by Gasteiger charge is 2.20. The number of nitrogens with zero attached hydrogens (tertiary/aromatic N) is 1. The minimum absolute atomic E-state index is 0.0720. The predicted octanol–water partition coefficient (Wildman–Crippen LogP) is 2.47. The molecule has 0 bridgehead atoms. The molecule has 1 aliphatic rings. The fourth-order valence-electron chi connectivity index (χ4n) is 2.05. The van der Waals surface area contributed by atoms with Crippen LogP contribution in [0.2, 0.25) is 0 Å². The largest absolute Gasteiger partial charge is 0.466 e. The summed E-state index contributed by atoms with van der Waals surface area (Å²) < 4.78 is 4.90. The Morgan fingerprint density at radius 1 is 1.14 bits per heavy atom. The molecule has 0 atom stereocenters. The van der Waals surface area contributed by atoms with Crippen LogP contribution in [0.15, 0.2) is 4.99 Å². The lowest BCUT2D eigenvalue weighted by Crippen LogP contribution is -2.37. The van der Waals surface area contributed by atoms with Crippen LogP contribution in [-0.2, 0) is 9.53 Å². The number of carbonyl (C=O) groups is 1. The van der Waals surface area contributed by atoms with Gasteiger partial charge in [-0.25, -0.2) is 0 Å². The Balaban J connectivity index is 1.97. The number of ether oxygens (including phenoxy) is 1. The summed E-state index contributed by atoms with van der Waals surface area (Å²) >= 11 is 0. The van der Waals surface area contributed by atoms with Crippen LogP contribution in [0.4, 0.5) is 0 Å². The molecule has 0 unspecified atom stereocenters. The maximum Gasteiger partial charge on any atom is 0.305 e. The van der Waals surface area contributed by atoms with Gasteiger partial charge in [-0.3, -0.25) is 9.79 Å². The van der Waals surface area contributed by atoms with Crippen LogP contribution in [0.25, 0.3) is 0 Å². The maximum atomic E-state index is 11.2. The van der Waals surface area contributed by atoms with Gasteiger partial charge in [0.05, 0.1) is 6.61 Å². The number of rotatable bonds is 11. The number of guanidine groups is 1. The highest BCUT2D eigenvalue weighted by Crippen LogP contribution is 2.28. The molecule has 0 spiro atoms. The molecular formula is C16H31N3O2. The number of nitrogens with one attached hydrogen (secondary N) is 2. The zero-order valence-electron chi connectivity index (χ0n) is 13.6. The van der Waals surface area contributed by atoms with Gasteiger partial charge in [0, 0.05) is 26.1 Å². The second-order valence-corrected chi connectivity index (χ2v) is 5.56. The second-order valence-electron chi connectivity index (χ2n) is 5.56. The second kappa shape index (κ2) is 11.4. The van der Waals surface area contributed by atoms with E-state index in [1.807, 2.05) is 6.92 Å². The van der Waals surface area contributed by atoms with E-state index in [1.54, 1.807) is 0 Å². The van der Waals surface area contributed by atoms with Gasteiger partial charge in [0.1, 0.15) is 0 Å².